The number of benzene rings is 1. The van der Waals surface area contributed by atoms with Gasteiger partial charge >= 0.3 is 17.9 Å². The third-order valence-corrected chi connectivity index (χ3v) is 8.86. The predicted octanol–water partition coefficient (Wildman–Crippen LogP) is -6.50. The van der Waals surface area contributed by atoms with Crippen molar-refractivity contribution >= 4 is 71.1 Å². The van der Waals surface area contributed by atoms with Crippen LogP contribution in [0.1, 0.15) is 57.9 Å². The highest BCUT2D eigenvalue weighted by molar-refractivity contribution is 5.98. The Balaban J connectivity index is 3.26. The Morgan fingerprint density at radius 1 is 0.578 bits per heavy atom. The molecule has 27 nitrogen and oxygen atoms in total. The number of phenolic OH excluding ortho intramolecular Hbond substituents is 1. The zero-order valence-corrected chi connectivity index (χ0v) is 34.7. The van der Waals surface area contributed by atoms with Crippen LogP contribution < -0.4 is 54.4 Å². The summed E-state index contributed by atoms with van der Waals surface area (Å²) in [4.78, 5) is 149. The van der Waals surface area contributed by atoms with Crippen LogP contribution in [0.4, 0.5) is 0 Å². The van der Waals surface area contributed by atoms with Gasteiger partial charge in [0.1, 0.15) is 42.0 Å². The maximum absolute atomic E-state index is 13.7. The summed E-state index contributed by atoms with van der Waals surface area (Å²) in [6.45, 7) is 1.01. The summed E-state index contributed by atoms with van der Waals surface area (Å²) in [5, 5.41) is 63.0. The van der Waals surface area contributed by atoms with Gasteiger partial charge in [-0.15, -0.1) is 0 Å². The summed E-state index contributed by atoms with van der Waals surface area (Å²) >= 11 is 0. The third-order valence-electron chi connectivity index (χ3n) is 8.86. The highest BCUT2D eigenvalue weighted by Gasteiger charge is 2.34. The van der Waals surface area contributed by atoms with E-state index < -0.39 is 171 Å². The topological polar surface area (TPSA) is 468 Å². The van der Waals surface area contributed by atoms with Crippen LogP contribution in [-0.2, 0) is 64.0 Å². The van der Waals surface area contributed by atoms with Crippen LogP contribution in [0.5, 0.6) is 5.75 Å². The van der Waals surface area contributed by atoms with Crippen molar-refractivity contribution in [1.29, 1.82) is 0 Å². The van der Waals surface area contributed by atoms with Crippen LogP contribution in [-0.4, -0.2) is 152 Å². The number of nitrogens with one attached hydrogen (secondary N) is 7. The monoisotopic (exact) mass is 910 g/mol. The first-order valence-electron chi connectivity index (χ1n) is 19.3. The van der Waals surface area contributed by atoms with Crippen molar-refractivity contribution in [1.82, 2.24) is 37.2 Å². The summed E-state index contributed by atoms with van der Waals surface area (Å²) in [7, 11) is 0. The third kappa shape index (κ3) is 20.4. The molecule has 0 bridgehead atoms. The molecule has 9 amide bonds. The molecule has 0 saturated heterocycles. The second-order valence-electron chi connectivity index (χ2n) is 14.5. The van der Waals surface area contributed by atoms with E-state index in [1.165, 1.54) is 38.1 Å². The van der Waals surface area contributed by atoms with E-state index in [2.05, 4.69) is 26.6 Å². The van der Waals surface area contributed by atoms with E-state index in [4.69, 9.17) is 22.3 Å². The van der Waals surface area contributed by atoms with E-state index in [-0.39, 0.29) is 12.2 Å². The molecule has 0 radical (unpaired) electrons. The molecule has 0 fully saturated rings. The summed E-state index contributed by atoms with van der Waals surface area (Å²) in [6.07, 6.45) is -4.06. The van der Waals surface area contributed by atoms with E-state index >= 15 is 0 Å². The Morgan fingerprint density at radius 2 is 1.09 bits per heavy atom. The highest BCUT2D eigenvalue weighted by Crippen LogP contribution is 2.13. The summed E-state index contributed by atoms with van der Waals surface area (Å²) in [5.74, 6) is -15.1. The van der Waals surface area contributed by atoms with E-state index in [1.54, 1.807) is 0 Å². The van der Waals surface area contributed by atoms with Gasteiger partial charge in [0.2, 0.25) is 53.2 Å². The van der Waals surface area contributed by atoms with Crippen LogP contribution >= 0.6 is 0 Å². The number of carboxylic acids is 3. The van der Waals surface area contributed by atoms with Gasteiger partial charge in [0.15, 0.2) is 0 Å². The zero-order chi connectivity index (χ0) is 48.8. The Morgan fingerprint density at radius 3 is 1.61 bits per heavy atom. The zero-order valence-electron chi connectivity index (χ0n) is 34.7. The molecule has 0 aliphatic heterocycles. The number of aromatic hydroxyl groups is 1. The quantitative estimate of drug-likeness (QED) is 0.0355. The van der Waals surface area contributed by atoms with Gasteiger partial charge in [0.25, 0.3) is 0 Å². The van der Waals surface area contributed by atoms with Gasteiger partial charge in [-0.1, -0.05) is 26.0 Å². The molecule has 0 spiro atoms. The summed E-state index contributed by atoms with van der Waals surface area (Å²) in [6, 6.07) is -6.42. The minimum Gasteiger partial charge on any atom is -0.508 e. The molecule has 0 unspecified atom stereocenters. The molecule has 1 aromatic rings. The van der Waals surface area contributed by atoms with E-state index in [9.17, 15) is 78.0 Å². The average Bonchev–Trinajstić information content (AvgIpc) is 3.20. The molecule has 0 aliphatic carbocycles. The highest BCUT2D eigenvalue weighted by atomic mass is 16.4. The number of hydrogen-bond donors (Lipinski definition) is 15. The first-order chi connectivity index (χ1) is 29.8. The molecule has 354 valence electrons. The van der Waals surface area contributed by atoms with Crippen LogP contribution in [0, 0.1) is 5.92 Å². The first kappa shape index (κ1) is 54.6. The maximum atomic E-state index is 13.7. The van der Waals surface area contributed by atoms with Crippen LogP contribution in [0.25, 0.3) is 0 Å². The lowest BCUT2D eigenvalue weighted by Gasteiger charge is -2.27. The number of carbonyl (C=O) groups excluding carboxylic acids is 9. The molecular weight excluding hydrogens is 856 g/mol. The molecule has 1 aromatic carbocycles. The predicted molar refractivity (Wildman–Crippen MR) is 215 cm³/mol. The molecule has 0 saturated carbocycles. The Labute approximate surface area is 364 Å². The molecule has 0 aromatic heterocycles. The lowest BCUT2D eigenvalue weighted by atomic mass is 10.0. The number of hydrogen-bond acceptors (Lipinski definition) is 15. The van der Waals surface area contributed by atoms with Crippen molar-refractivity contribution < 1.29 is 83.1 Å². The number of aliphatic carboxylic acids is 3. The molecular formula is C37H54N10O17. The Kier molecular flexibility index (Phi) is 22.9. The SMILES string of the molecule is CC(C)[C@H](NC(=O)CNC(=O)[C@H](CCC(=O)O)NC(=O)[C@@H](N)CC(N)=O)C(=O)N[C@@H](Cc1ccc(O)cc1)C(=O)N[C@@H](CO)C(=O)N[C@@H](CC(=O)O)C(=O)N[C@@H](CCC(N)=O)C(=O)O. The van der Waals surface area contributed by atoms with E-state index in [0.29, 0.717) is 5.56 Å². The fourth-order valence-corrected chi connectivity index (χ4v) is 5.45. The molecule has 0 heterocycles. The number of phenols is 1. The number of aliphatic hydroxyl groups is 1. The molecule has 1 rings (SSSR count). The number of carboxylic acid groups (broad SMARTS) is 3. The van der Waals surface area contributed by atoms with E-state index in [0.717, 1.165) is 0 Å². The van der Waals surface area contributed by atoms with Gasteiger partial charge in [0, 0.05) is 19.3 Å². The van der Waals surface area contributed by atoms with Gasteiger partial charge < -0.3 is 80.0 Å². The second kappa shape index (κ2) is 26.8. The average molecular weight is 911 g/mol. The normalized spacial score (nSPS) is 14.1. The Hall–Kier alpha value is -7.42. The molecule has 64 heavy (non-hydrogen) atoms. The van der Waals surface area contributed by atoms with Crippen molar-refractivity contribution in [2.75, 3.05) is 13.2 Å². The standard InChI is InChI=1S/C37H54N10O17/c1-16(2)30(47-27(52)14-41-32(58)20(8-10-28(53)54)42-31(57)19(38)12-26(40)51)36(62)45-22(11-17-3-5-18(49)6-4-17)33(59)46-24(15-48)35(61)44-23(13-29(55)56)34(60)43-21(37(63)64)7-9-25(39)50/h3-6,16,19-24,30,48-49H,7-15,38H2,1-2H3,(H2,39,50)(H2,40,51)(H,41,58)(H,42,57)(H,43,60)(H,44,61)(H,45,62)(H,46,59)(H,47,52)(H,53,54)(H,55,56)(H,63,64)/t19-,20-,21-,22-,23-,24-,30-/m0/s1. The van der Waals surface area contributed by atoms with Crippen molar-refractivity contribution in [3.05, 3.63) is 29.8 Å². The minimum absolute atomic E-state index is 0.162. The van der Waals surface area contributed by atoms with Gasteiger partial charge in [-0.05, 0) is 36.5 Å². The second-order valence-corrected chi connectivity index (χ2v) is 14.5. The lowest BCUT2D eigenvalue weighted by molar-refractivity contribution is -0.144. The van der Waals surface area contributed by atoms with Crippen molar-refractivity contribution in [3.63, 3.8) is 0 Å². The summed E-state index contributed by atoms with van der Waals surface area (Å²) in [5.41, 5.74) is 16.0. The molecule has 7 atom stereocenters. The largest absolute Gasteiger partial charge is 0.508 e. The van der Waals surface area contributed by atoms with Crippen LogP contribution in [0.2, 0.25) is 0 Å². The van der Waals surface area contributed by atoms with Crippen LogP contribution in [0.3, 0.4) is 0 Å². The smallest absolute Gasteiger partial charge is 0.326 e. The van der Waals surface area contributed by atoms with E-state index in [1.807, 2.05) is 10.6 Å². The summed E-state index contributed by atoms with van der Waals surface area (Å²) < 4.78 is 0. The minimum atomic E-state index is -1.97. The lowest BCUT2D eigenvalue weighted by Crippen LogP contribution is -2.61. The number of aliphatic hydroxyl groups excluding tert-OH is 1. The maximum Gasteiger partial charge on any atom is 0.326 e. The molecule has 18 N–H and O–H groups in total. The molecule has 27 heteroatoms. The number of carbonyl (C=O) groups is 12. The van der Waals surface area contributed by atoms with Crippen molar-refractivity contribution in [2.24, 2.45) is 23.1 Å². The number of nitrogens with two attached hydrogens (primary N) is 3. The van der Waals surface area contributed by atoms with Gasteiger partial charge in [-0.2, -0.15) is 0 Å². The fourth-order valence-electron chi connectivity index (χ4n) is 5.45. The van der Waals surface area contributed by atoms with Crippen molar-refractivity contribution in [2.45, 2.75) is 101 Å². The van der Waals surface area contributed by atoms with Gasteiger partial charge in [-0.25, -0.2) is 4.79 Å². The number of amides is 9. The number of primary amides is 2. The number of rotatable bonds is 29. The van der Waals surface area contributed by atoms with Gasteiger partial charge in [-0.3, -0.25) is 52.7 Å². The fraction of sp³-hybridized carbons (Fsp3) is 0.514. The Bertz CT molecular complexity index is 1890. The van der Waals surface area contributed by atoms with Gasteiger partial charge in [0.05, 0.1) is 32.0 Å². The molecule has 0 aliphatic rings. The van der Waals surface area contributed by atoms with Crippen LogP contribution in [0.15, 0.2) is 24.3 Å². The first-order valence-corrected chi connectivity index (χ1v) is 19.3. The van der Waals surface area contributed by atoms with Crippen molar-refractivity contribution in [3.8, 4) is 5.75 Å².